The number of rotatable bonds is 3. The largest absolute Gasteiger partial charge is 0.454 e. The summed E-state index contributed by atoms with van der Waals surface area (Å²) in [5, 5.41) is 4.20. The van der Waals surface area contributed by atoms with E-state index in [0.717, 1.165) is 16.8 Å². The lowest BCUT2D eigenvalue weighted by Gasteiger charge is -2.07. The molecule has 2 aromatic rings. The Balaban J connectivity index is 1.75. The molecular formula is C18H18N2O3. The standard InChI is InChI=1S/C18H18N2O3/c1-11-4-6-15(12(2)8-11)13(3)19-20-18(21)14-5-7-16-17(9-14)23-10-22-16/h4-9H,10H2,1-3H3,(H,20,21)/b19-13-. The number of ether oxygens (including phenoxy) is 2. The molecule has 0 fully saturated rings. The van der Waals surface area contributed by atoms with Gasteiger partial charge in [0.05, 0.1) is 5.71 Å². The smallest absolute Gasteiger partial charge is 0.271 e. The Bertz CT molecular complexity index is 797. The summed E-state index contributed by atoms with van der Waals surface area (Å²) in [6, 6.07) is 11.2. The zero-order chi connectivity index (χ0) is 16.4. The summed E-state index contributed by atoms with van der Waals surface area (Å²) < 4.78 is 10.5. The summed E-state index contributed by atoms with van der Waals surface area (Å²) in [6.45, 7) is 6.13. The molecule has 5 nitrogen and oxygen atoms in total. The molecule has 1 N–H and O–H groups in total. The fourth-order valence-corrected chi connectivity index (χ4v) is 2.52. The van der Waals surface area contributed by atoms with Crippen LogP contribution in [0.1, 0.15) is 34.0 Å². The fraction of sp³-hybridized carbons (Fsp3) is 0.222. The molecule has 1 amide bonds. The average molecular weight is 310 g/mol. The molecule has 0 radical (unpaired) electrons. The van der Waals surface area contributed by atoms with Crippen molar-refractivity contribution in [3.63, 3.8) is 0 Å². The Morgan fingerprint density at radius 2 is 1.87 bits per heavy atom. The van der Waals surface area contributed by atoms with Gasteiger partial charge < -0.3 is 9.47 Å². The summed E-state index contributed by atoms with van der Waals surface area (Å²) >= 11 is 0. The maximum Gasteiger partial charge on any atom is 0.271 e. The Morgan fingerprint density at radius 1 is 1.09 bits per heavy atom. The highest BCUT2D eigenvalue weighted by atomic mass is 16.7. The van der Waals surface area contributed by atoms with Crippen LogP contribution in [-0.4, -0.2) is 18.4 Å². The Hall–Kier alpha value is -2.82. The highest BCUT2D eigenvalue weighted by Crippen LogP contribution is 2.32. The number of nitrogens with zero attached hydrogens (tertiary/aromatic N) is 1. The van der Waals surface area contributed by atoms with E-state index in [1.165, 1.54) is 5.56 Å². The van der Waals surface area contributed by atoms with Crippen LogP contribution in [0.25, 0.3) is 0 Å². The van der Waals surface area contributed by atoms with Gasteiger partial charge in [-0.15, -0.1) is 0 Å². The SMILES string of the molecule is C/C(=N/NC(=O)c1ccc2c(c1)OCO2)c1ccc(C)cc1C. The fourth-order valence-electron chi connectivity index (χ4n) is 2.52. The number of benzene rings is 2. The van der Waals surface area contributed by atoms with Crippen LogP contribution in [0.2, 0.25) is 0 Å². The molecule has 0 atom stereocenters. The van der Waals surface area contributed by atoms with Gasteiger partial charge in [-0.2, -0.15) is 5.10 Å². The number of hydrogen-bond acceptors (Lipinski definition) is 4. The normalized spacial score (nSPS) is 13.1. The Morgan fingerprint density at radius 3 is 2.65 bits per heavy atom. The van der Waals surface area contributed by atoms with Crippen molar-refractivity contribution in [3.8, 4) is 11.5 Å². The zero-order valence-corrected chi connectivity index (χ0v) is 13.3. The molecule has 1 heterocycles. The van der Waals surface area contributed by atoms with E-state index in [4.69, 9.17) is 9.47 Å². The topological polar surface area (TPSA) is 59.9 Å². The molecule has 1 aliphatic heterocycles. The van der Waals surface area contributed by atoms with E-state index < -0.39 is 0 Å². The van der Waals surface area contributed by atoms with Gasteiger partial charge in [-0.05, 0) is 44.5 Å². The van der Waals surface area contributed by atoms with Crippen molar-refractivity contribution in [2.45, 2.75) is 20.8 Å². The van der Waals surface area contributed by atoms with Crippen molar-refractivity contribution in [3.05, 3.63) is 58.7 Å². The van der Waals surface area contributed by atoms with Crippen LogP contribution in [0.5, 0.6) is 11.5 Å². The number of hydrazone groups is 1. The maximum atomic E-state index is 12.2. The zero-order valence-electron chi connectivity index (χ0n) is 13.3. The van der Waals surface area contributed by atoms with Crippen molar-refractivity contribution in [1.29, 1.82) is 0 Å². The van der Waals surface area contributed by atoms with Gasteiger partial charge in [0.1, 0.15) is 0 Å². The van der Waals surface area contributed by atoms with E-state index in [0.29, 0.717) is 17.1 Å². The lowest BCUT2D eigenvalue weighted by molar-refractivity contribution is 0.0954. The minimum atomic E-state index is -0.285. The Labute approximate surface area is 134 Å². The molecule has 0 unspecified atom stereocenters. The molecule has 2 aromatic carbocycles. The van der Waals surface area contributed by atoms with Crippen molar-refractivity contribution in [2.75, 3.05) is 6.79 Å². The maximum absolute atomic E-state index is 12.2. The first-order valence-electron chi connectivity index (χ1n) is 7.36. The summed E-state index contributed by atoms with van der Waals surface area (Å²) in [6.07, 6.45) is 0. The molecule has 0 aliphatic carbocycles. The van der Waals surface area contributed by atoms with Crippen LogP contribution in [0, 0.1) is 13.8 Å². The van der Waals surface area contributed by atoms with Crippen LogP contribution in [-0.2, 0) is 0 Å². The number of amides is 1. The highest BCUT2D eigenvalue weighted by Gasteiger charge is 2.16. The van der Waals surface area contributed by atoms with Crippen LogP contribution in [0.4, 0.5) is 0 Å². The van der Waals surface area contributed by atoms with Gasteiger partial charge >= 0.3 is 0 Å². The van der Waals surface area contributed by atoms with Crippen LogP contribution in [0.15, 0.2) is 41.5 Å². The van der Waals surface area contributed by atoms with Crippen molar-refractivity contribution < 1.29 is 14.3 Å². The molecule has 0 aromatic heterocycles. The van der Waals surface area contributed by atoms with Crippen molar-refractivity contribution in [1.82, 2.24) is 5.43 Å². The first-order chi connectivity index (χ1) is 11.0. The number of hydrogen-bond donors (Lipinski definition) is 1. The summed E-state index contributed by atoms with van der Waals surface area (Å²) in [7, 11) is 0. The molecule has 1 aliphatic rings. The van der Waals surface area contributed by atoms with Gasteiger partial charge in [-0.1, -0.05) is 23.8 Å². The second kappa shape index (κ2) is 6.12. The summed E-state index contributed by atoms with van der Waals surface area (Å²) in [5.41, 5.74) is 7.16. The molecule has 0 spiro atoms. The van der Waals surface area contributed by atoms with E-state index in [1.807, 2.05) is 32.9 Å². The second-order valence-electron chi connectivity index (χ2n) is 5.52. The summed E-state index contributed by atoms with van der Waals surface area (Å²) in [5.74, 6) is 0.941. The highest BCUT2D eigenvalue weighted by molar-refractivity contribution is 6.02. The molecule has 23 heavy (non-hydrogen) atoms. The van der Waals surface area contributed by atoms with E-state index >= 15 is 0 Å². The minimum Gasteiger partial charge on any atom is -0.454 e. The lowest BCUT2D eigenvalue weighted by atomic mass is 10.0. The lowest BCUT2D eigenvalue weighted by Crippen LogP contribution is -2.19. The number of aryl methyl sites for hydroxylation is 2. The van der Waals surface area contributed by atoms with Crippen molar-refractivity contribution >= 4 is 11.6 Å². The predicted molar refractivity (Wildman–Crippen MR) is 88.2 cm³/mol. The van der Waals surface area contributed by atoms with Crippen molar-refractivity contribution in [2.24, 2.45) is 5.10 Å². The third-order valence-electron chi connectivity index (χ3n) is 3.73. The van der Waals surface area contributed by atoms with Gasteiger partial charge in [-0.3, -0.25) is 4.79 Å². The number of nitrogens with one attached hydrogen (secondary N) is 1. The average Bonchev–Trinajstić information content (AvgIpc) is 2.99. The van der Waals surface area contributed by atoms with E-state index in [1.54, 1.807) is 18.2 Å². The predicted octanol–water partition coefficient (Wildman–Crippen LogP) is 3.19. The first kappa shape index (κ1) is 15.1. The number of carbonyl (C=O) groups excluding carboxylic acids is 1. The number of carbonyl (C=O) groups is 1. The monoisotopic (exact) mass is 310 g/mol. The summed E-state index contributed by atoms with van der Waals surface area (Å²) in [4.78, 5) is 12.2. The molecule has 118 valence electrons. The van der Waals surface area contributed by atoms with E-state index in [2.05, 4.69) is 16.6 Å². The van der Waals surface area contributed by atoms with Gasteiger partial charge in [0.2, 0.25) is 6.79 Å². The van der Waals surface area contributed by atoms with E-state index in [-0.39, 0.29) is 12.7 Å². The molecule has 0 saturated heterocycles. The quantitative estimate of drug-likeness (QED) is 0.699. The molecule has 5 heteroatoms. The van der Waals surface area contributed by atoms with Crippen LogP contribution in [0.3, 0.4) is 0 Å². The van der Waals surface area contributed by atoms with Gasteiger partial charge in [0, 0.05) is 11.1 Å². The van der Waals surface area contributed by atoms with E-state index in [9.17, 15) is 4.79 Å². The minimum absolute atomic E-state index is 0.185. The first-order valence-corrected chi connectivity index (χ1v) is 7.36. The van der Waals surface area contributed by atoms with Gasteiger partial charge in [0.25, 0.3) is 5.91 Å². The molecule has 0 saturated carbocycles. The van der Waals surface area contributed by atoms with Gasteiger partial charge in [-0.25, -0.2) is 5.43 Å². The number of fused-ring (bicyclic) bond motifs is 1. The van der Waals surface area contributed by atoms with Gasteiger partial charge in [0.15, 0.2) is 11.5 Å². The third-order valence-corrected chi connectivity index (χ3v) is 3.73. The Kier molecular flexibility index (Phi) is 4.02. The van der Waals surface area contributed by atoms with Crippen LogP contribution < -0.4 is 14.9 Å². The van der Waals surface area contributed by atoms with Crippen LogP contribution >= 0.6 is 0 Å². The third kappa shape index (κ3) is 3.18. The molecular weight excluding hydrogens is 292 g/mol. The second-order valence-corrected chi connectivity index (χ2v) is 5.52. The molecule has 3 rings (SSSR count). The molecule has 0 bridgehead atoms.